The molecule has 4 aliphatic carbocycles. The van der Waals surface area contributed by atoms with E-state index < -0.39 is 18.7 Å². The number of hydrogen-bond acceptors (Lipinski definition) is 4. The van der Waals surface area contributed by atoms with E-state index in [9.17, 15) is 9.90 Å². The minimum atomic E-state index is -1.42. The first-order valence-corrected chi connectivity index (χ1v) is 15.2. The third kappa shape index (κ3) is 5.07. The van der Waals surface area contributed by atoms with Gasteiger partial charge in [-0.05, 0) is 104 Å². The summed E-state index contributed by atoms with van der Waals surface area (Å²) in [4.78, 5) is 12.0. The molecule has 0 aliphatic heterocycles. The lowest BCUT2D eigenvalue weighted by molar-refractivity contribution is -0.163. The Morgan fingerprint density at radius 1 is 1.08 bits per heavy atom. The van der Waals surface area contributed by atoms with Crippen molar-refractivity contribution < 1.29 is 19.7 Å². The van der Waals surface area contributed by atoms with Crippen LogP contribution in [0.25, 0.3) is 0 Å². The molecule has 206 valence electrons. The Balaban J connectivity index is 1.43. The second-order valence-corrected chi connectivity index (χ2v) is 14.0. The zero-order valence-corrected chi connectivity index (χ0v) is 24.0. The molecule has 0 spiro atoms. The molecule has 0 aromatic heterocycles. The Hall–Kier alpha value is -0.870. The second-order valence-electron chi connectivity index (χ2n) is 14.0. The molecule has 4 heteroatoms. The Labute approximate surface area is 220 Å². The zero-order valence-electron chi connectivity index (χ0n) is 24.0. The van der Waals surface area contributed by atoms with Crippen molar-refractivity contribution in [1.29, 1.82) is 0 Å². The first-order chi connectivity index (χ1) is 17.0. The van der Waals surface area contributed by atoms with E-state index in [1.165, 1.54) is 56.9 Å². The number of esters is 1. The SMILES string of the molecule is CC[C@H](CC[C@@H](C)[C@H]1CCC2C3CC=C4C[C@@H](OC(=O)C(O)CO)CC[C@]4(C)C3CC[C@@]21C)C(C)C. The Bertz CT molecular complexity index is 804. The Kier molecular flexibility index (Phi) is 8.67. The summed E-state index contributed by atoms with van der Waals surface area (Å²) < 4.78 is 5.57. The van der Waals surface area contributed by atoms with E-state index in [4.69, 9.17) is 9.84 Å². The van der Waals surface area contributed by atoms with Crippen molar-refractivity contribution in [2.45, 2.75) is 124 Å². The average Bonchev–Trinajstić information content (AvgIpc) is 3.21. The van der Waals surface area contributed by atoms with Crippen LogP contribution >= 0.6 is 0 Å². The predicted molar refractivity (Wildman–Crippen MR) is 145 cm³/mol. The van der Waals surface area contributed by atoms with Crippen LogP contribution in [0.15, 0.2) is 11.6 Å². The van der Waals surface area contributed by atoms with Crippen molar-refractivity contribution in [3.63, 3.8) is 0 Å². The normalized spacial score (nSPS) is 40.5. The minimum Gasteiger partial charge on any atom is -0.460 e. The molecular formula is C32H54O4. The third-order valence-electron chi connectivity index (χ3n) is 12.0. The fourth-order valence-corrected chi connectivity index (χ4v) is 9.71. The van der Waals surface area contributed by atoms with Crippen molar-refractivity contribution in [3.8, 4) is 0 Å². The van der Waals surface area contributed by atoms with Gasteiger partial charge in [0.15, 0.2) is 6.10 Å². The summed E-state index contributed by atoms with van der Waals surface area (Å²) in [6, 6.07) is 0. The molecule has 36 heavy (non-hydrogen) atoms. The van der Waals surface area contributed by atoms with Crippen molar-refractivity contribution in [2.24, 2.45) is 52.3 Å². The van der Waals surface area contributed by atoms with Crippen LogP contribution in [0.3, 0.4) is 0 Å². The monoisotopic (exact) mass is 502 g/mol. The summed E-state index contributed by atoms with van der Waals surface area (Å²) >= 11 is 0. The first kappa shape index (κ1) is 28.1. The van der Waals surface area contributed by atoms with Crippen LogP contribution in [0.2, 0.25) is 0 Å². The molecule has 0 radical (unpaired) electrons. The largest absolute Gasteiger partial charge is 0.460 e. The molecule has 4 nitrogen and oxygen atoms in total. The van der Waals surface area contributed by atoms with Crippen LogP contribution in [0.5, 0.6) is 0 Å². The van der Waals surface area contributed by atoms with E-state index in [0.717, 1.165) is 60.7 Å². The smallest absolute Gasteiger partial charge is 0.337 e. The molecular weight excluding hydrogens is 448 g/mol. The molecule has 0 aromatic rings. The molecule has 0 heterocycles. The highest BCUT2D eigenvalue weighted by Crippen LogP contribution is 2.67. The summed E-state index contributed by atoms with van der Waals surface area (Å²) in [5.41, 5.74) is 2.20. The summed E-state index contributed by atoms with van der Waals surface area (Å²) in [5, 5.41) is 18.7. The number of hydrogen-bond donors (Lipinski definition) is 2. The molecule has 0 aromatic carbocycles. The Morgan fingerprint density at radius 3 is 2.50 bits per heavy atom. The minimum absolute atomic E-state index is 0.169. The van der Waals surface area contributed by atoms with Crippen LogP contribution in [-0.4, -0.2) is 35.0 Å². The molecule has 0 bridgehead atoms. The van der Waals surface area contributed by atoms with Gasteiger partial charge in [-0.1, -0.05) is 66.0 Å². The molecule has 3 fully saturated rings. The molecule has 0 amide bonds. The maximum atomic E-state index is 12.0. The van der Waals surface area contributed by atoms with E-state index in [2.05, 4.69) is 47.6 Å². The van der Waals surface area contributed by atoms with Crippen LogP contribution < -0.4 is 0 Å². The molecule has 4 unspecified atom stereocenters. The molecule has 4 aliphatic rings. The molecule has 0 saturated heterocycles. The summed E-state index contributed by atoms with van der Waals surface area (Å²) in [6.45, 7) is 14.3. The third-order valence-corrected chi connectivity index (χ3v) is 12.0. The van der Waals surface area contributed by atoms with Gasteiger partial charge in [0.25, 0.3) is 0 Å². The lowest BCUT2D eigenvalue weighted by atomic mass is 9.47. The van der Waals surface area contributed by atoms with E-state index >= 15 is 0 Å². The number of aliphatic hydroxyl groups excluding tert-OH is 2. The van der Waals surface area contributed by atoms with Gasteiger partial charge in [-0.25, -0.2) is 4.79 Å². The quantitative estimate of drug-likeness (QED) is 0.265. The number of fused-ring (bicyclic) bond motifs is 5. The fraction of sp³-hybridized carbons (Fsp3) is 0.906. The van der Waals surface area contributed by atoms with Crippen LogP contribution in [0.1, 0.15) is 112 Å². The van der Waals surface area contributed by atoms with Crippen molar-refractivity contribution >= 4 is 5.97 Å². The number of rotatable bonds is 9. The lowest BCUT2D eigenvalue weighted by Crippen LogP contribution is -2.51. The van der Waals surface area contributed by atoms with Gasteiger partial charge in [0.05, 0.1) is 6.61 Å². The standard InChI is InChI=1S/C32H54O4/c1-7-22(20(2)3)9-8-21(4)26-12-13-27-25-11-10-23-18-24(36-30(35)29(34)19-33)14-16-31(23,5)28(25)15-17-32(26,27)6/h10,20-22,24-29,33-34H,7-9,11-19H2,1-6H3/t21-,22-,24+,25?,26-,27?,28?,29?,31+,32-/m1/s1. The summed E-state index contributed by atoms with van der Waals surface area (Å²) in [5.74, 6) is 5.08. The van der Waals surface area contributed by atoms with E-state index in [1.54, 1.807) is 0 Å². The zero-order chi connectivity index (χ0) is 26.3. The molecule has 4 rings (SSSR count). The highest BCUT2D eigenvalue weighted by Gasteiger charge is 2.59. The predicted octanol–water partition coefficient (Wildman–Crippen LogP) is 6.93. The number of allylic oxidation sites excluding steroid dienone is 1. The summed E-state index contributed by atoms with van der Waals surface area (Å²) in [6.07, 6.45) is 14.5. The van der Waals surface area contributed by atoms with Gasteiger partial charge in [-0.3, -0.25) is 0 Å². The maximum Gasteiger partial charge on any atom is 0.337 e. The van der Waals surface area contributed by atoms with Crippen LogP contribution in [0.4, 0.5) is 0 Å². The summed E-state index contributed by atoms with van der Waals surface area (Å²) in [7, 11) is 0. The molecule has 2 N–H and O–H groups in total. The van der Waals surface area contributed by atoms with E-state index in [1.807, 2.05) is 0 Å². The lowest BCUT2D eigenvalue weighted by Gasteiger charge is -2.58. The molecule has 10 atom stereocenters. The van der Waals surface area contributed by atoms with Gasteiger partial charge in [0.2, 0.25) is 0 Å². The van der Waals surface area contributed by atoms with Gasteiger partial charge < -0.3 is 14.9 Å². The maximum absolute atomic E-state index is 12.0. The van der Waals surface area contributed by atoms with Gasteiger partial charge >= 0.3 is 5.97 Å². The van der Waals surface area contributed by atoms with Crippen molar-refractivity contribution in [2.75, 3.05) is 6.61 Å². The van der Waals surface area contributed by atoms with Gasteiger partial charge in [0, 0.05) is 6.42 Å². The number of carbonyl (C=O) groups is 1. The second kappa shape index (κ2) is 11.1. The number of carbonyl (C=O) groups excluding carboxylic acids is 1. The van der Waals surface area contributed by atoms with Gasteiger partial charge in [0.1, 0.15) is 6.10 Å². The molecule has 3 saturated carbocycles. The van der Waals surface area contributed by atoms with Crippen molar-refractivity contribution in [3.05, 3.63) is 11.6 Å². The fourth-order valence-electron chi connectivity index (χ4n) is 9.71. The van der Waals surface area contributed by atoms with Crippen LogP contribution in [-0.2, 0) is 9.53 Å². The highest BCUT2D eigenvalue weighted by molar-refractivity contribution is 5.74. The highest BCUT2D eigenvalue weighted by atomic mass is 16.6. The van der Waals surface area contributed by atoms with E-state index in [-0.39, 0.29) is 11.5 Å². The number of ether oxygens (including phenoxy) is 1. The van der Waals surface area contributed by atoms with Gasteiger partial charge in [-0.15, -0.1) is 0 Å². The Morgan fingerprint density at radius 2 is 1.83 bits per heavy atom. The van der Waals surface area contributed by atoms with Crippen molar-refractivity contribution in [1.82, 2.24) is 0 Å². The average molecular weight is 503 g/mol. The van der Waals surface area contributed by atoms with Gasteiger partial charge in [-0.2, -0.15) is 0 Å². The van der Waals surface area contributed by atoms with Crippen LogP contribution in [0, 0.1) is 52.3 Å². The first-order valence-electron chi connectivity index (χ1n) is 15.2. The topological polar surface area (TPSA) is 66.8 Å². The van der Waals surface area contributed by atoms with E-state index in [0.29, 0.717) is 5.41 Å². The number of aliphatic hydroxyl groups is 2.